The lowest BCUT2D eigenvalue weighted by atomic mass is 10.1. The fourth-order valence-corrected chi connectivity index (χ4v) is 4.38. The van der Waals surface area contributed by atoms with E-state index < -0.39 is 0 Å². The van der Waals surface area contributed by atoms with Crippen molar-refractivity contribution < 1.29 is 4.79 Å². The van der Waals surface area contributed by atoms with Crippen LogP contribution < -0.4 is 5.32 Å². The van der Waals surface area contributed by atoms with E-state index in [1.165, 1.54) is 6.33 Å². The molecular weight excluding hydrogens is 444 g/mol. The zero-order valence-electron chi connectivity index (χ0n) is 18.2. The molecule has 0 aliphatic rings. The molecule has 3 heterocycles. The first kappa shape index (κ1) is 21.5. The fraction of sp³-hybridized carbons (Fsp3) is 0.0769. The van der Waals surface area contributed by atoms with E-state index in [4.69, 9.17) is 5.10 Å². The molecule has 0 saturated carbocycles. The van der Waals surface area contributed by atoms with E-state index in [0.717, 1.165) is 27.4 Å². The number of para-hydroxylation sites is 1. The van der Waals surface area contributed by atoms with E-state index in [1.54, 1.807) is 28.4 Å². The number of benzene rings is 2. The molecule has 0 spiro atoms. The molecule has 168 valence electrons. The Labute approximate surface area is 201 Å². The SMILES string of the molecule is O=C(/C=C/c1cn(-c2ccccc2)nc1-c1cccs1)NC(Cn1cncn1)c1ccccc1. The quantitative estimate of drug-likeness (QED) is 0.335. The number of hydrogen-bond donors (Lipinski definition) is 1. The molecule has 2 aromatic carbocycles. The molecule has 1 atom stereocenters. The number of thiophene rings is 1. The molecule has 0 aliphatic carbocycles. The van der Waals surface area contributed by atoms with Crippen molar-refractivity contribution in [3.63, 3.8) is 0 Å². The van der Waals surface area contributed by atoms with Crippen molar-refractivity contribution in [1.82, 2.24) is 29.9 Å². The van der Waals surface area contributed by atoms with Crippen LogP contribution in [0.2, 0.25) is 0 Å². The summed E-state index contributed by atoms with van der Waals surface area (Å²) < 4.78 is 3.55. The predicted molar refractivity (Wildman–Crippen MR) is 133 cm³/mol. The average molecular weight is 467 g/mol. The normalized spacial score (nSPS) is 12.1. The third-order valence-corrected chi connectivity index (χ3v) is 6.16. The molecule has 0 radical (unpaired) electrons. The Morgan fingerprint density at radius 2 is 1.82 bits per heavy atom. The fourth-order valence-electron chi connectivity index (χ4n) is 3.65. The molecule has 5 aromatic rings. The highest BCUT2D eigenvalue weighted by Crippen LogP contribution is 2.28. The van der Waals surface area contributed by atoms with E-state index in [-0.39, 0.29) is 11.9 Å². The first-order chi connectivity index (χ1) is 16.8. The van der Waals surface area contributed by atoms with Crippen molar-refractivity contribution in [2.24, 2.45) is 0 Å². The lowest BCUT2D eigenvalue weighted by Gasteiger charge is -2.18. The Bertz CT molecular complexity index is 1360. The van der Waals surface area contributed by atoms with Crippen LogP contribution in [0.1, 0.15) is 17.2 Å². The number of rotatable bonds is 8. The number of hydrogen-bond acceptors (Lipinski definition) is 5. The van der Waals surface area contributed by atoms with Crippen LogP contribution in [0.4, 0.5) is 0 Å². The molecule has 0 fully saturated rings. The van der Waals surface area contributed by atoms with Gasteiger partial charge >= 0.3 is 0 Å². The summed E-state index contributed by atoms with van der Waals surface area (Å²) in [6.45, 7) is 0.482. The van der Waals surface area contributed by atoms with E-state index in [1.807, 2.05) is 95.1 Å². The van der Waals surface area contributed by atoms with Gasteiger partial charge in [0.15, 0.2) is 0 Å². The number of carbonyl (C=O) groups is 1. The van der Waals surface area contributed by atoms with Crippen LogP contribution >= 0.6 is 11.3 Å². The largest absolute Gasteiger partial charge is 0.344 e. The topological polar surface area (TPSA) is 77.6 Å². The molecule has 1 N–H and O–H groups in total. The minimum absolute atomic E-state index is 0.196. The number of nitrogens with zero attached hydrogens (tertiary/aromatic N) is 5. The van der Waals surface area contributed by atoms with E-state index >= 15 is 0 Å². The predicted octanol–water partition coefficient (Wildman–Crippen LogP) is 4.76. The van der Waals surface area contributed by atoms with Crippen LogP contribution in [0, 0.1) is 0 Å². The molecule has 3 aromatic heterocycles. The minimum atomic E-state index is -0.246. The van der Waals surface area contributed by atoms with Gasteiger partial charge in [0.2, 0.25) is 5.91 Å². The smallest absolute Gasteiger partial charge is 0.244 e. The number of nitrogens with one attached hydrogen (secondary N) is 1. The zero-order chi connectivity index (χ0) is 23.2. The molecule has 8 heteroatoms. The second kappa shape index (κ2) is 10.1. The monoisotopic (exact) mass is 466 g/mol. The Morgan fingerprint density at radius 3 is 2.53 bits per heavy atom. The Morgan fingerprint density at radius 1 is 1.03 bits per heavy atom. The summed E-state index contributed by atoms with van der Waals surface area (Å²) >= 11 is 1.62. The summed E-state index contributed by atoms with van der Waals surface area (Å²) in [7, 11) is 0. The molecular formula is C26H22N6OS. The van der Waals surface area contributed by atoms with Crippen LogP contribution in [0.15, 0.2) is 103 Å². The van der Waals surface area contributed by atoms with Gasteiger partial charge in [-0.05, 0) is 35.2 Å². The summed E-state index contributed by atoms with van der Waals surface area (Å²) in [5.41, 5.74) is 3.66. The van der Waals surface area contributed by atoms with Gasteiger partial charge in [-0.3, -0.25) is 9.48 Å². The molecule has 0 saturated heterocycles. The third kappa shape index (κ3) is 5.02. The minimum Gasteiger partial charge on any atom is -0.344 e. The molecule has 5 rings (SSSR count). The van der Waals surface area contributed by atoms with Crippen molar-refractivity contribution in [2.45, 2.75) is 12.6 Å². The van der Waals surface area contributed by atoms with E-state index in [2.05, 4.69) is 15.4 Å². The van der Waals surface area contributed by atoms with Crippen molar-refractivity contribution in [3.8, 4) is 16.3 Å². The molecule has 0 bridgehead atoms. The number of amides is 1. The summed E-state index contributed by atoms with van der Waals surface area (Å²) in [6.07, 6.45) is 8.44. The molecule has 34 heavy (non-hydrogen) atoms. The lowest BCUT2D eigenvalue weighted by molar-refractivity contribution is -0.117. The van der Waals surface area contributed by atoms with Crippen molar-refractivity contribution in [3.05, 3.63) is 114 Å². The molecule has 7 nitrogen and oxygen atoms in total. The standard InChI is InChI=1S/C26H22N6OS/c33-25(29-23(17-31-19-27-18-28-31)20-8-3-1-4-9-20)14-13-21-16-32(22-10-5-2-6-11-22)30-26(21)24-12-7-15-34-24/h1-16,18-19,23H,17H2,(H,29,33)/b14-13+. The molecule has 1 unspecified atom stereocenters. The zero-order valence-corrected chi connectivity index (χ0v) is 19.0. The summed E-state index contributed by atoms with van der Waals surface area (Å²) in [5.74, 6) is -0.196. The van der Waals surface area contributed by atoms with Gasteiger partial charge in [-0.2, -0.15) is 10.2 Å². The first-order valence-corrected chi connectivity index (χ1v) is 11.7. The van der Waals surface area contributed by atoms with Crippen molar-refractivity contribution in [1.29, 1.82) is 0 Å². The molecule has 1 amide bonds. The highest BCUT2D eigenvalue weighted by atomic mass is 32.1. The van der Waals surface area contributed by atoms with Crippen LogP contribution in [0.3, 0.4) is 0 Å². The Hall–Kier alpha value is -4.30. The van der Waals surface area contributed by atoms with Crippen LogP contribution in [0.25, 0.3) is 22.3 Å². The van der Waals surface area contributed by atoms with Crippen LogP contribution in [0.5, 0.6) is 0 Å². The maximum atomic E-state index is 12.9. The average Bonchev–Trinajstić information content (AvgIpc) is 3.65. The van der Waals surface area contributed by atoms with E-state index in [9.17, 15) is 4.79 Å². The van der Waals surface area contributed by atoms with E-state index in [0.29, 0.717) is 6.54 Å². The van der Waals surface area contributed by atoms with Crippen molar-refractivity contribution in [2.75, 3.05) is 0 Å². The van der Waals surface area contributed by atoms with Gasteiger partial charge in [0.1, 0.15) is 18.3 Å². The van der Waals surface area contributed by atoms with Gasteiger partial charge in [0, 0.05) is 17.8 Å². The maximum Gasteiger partial charge on any atom is 0.244 e. The molecule has 0 aliphatic heterocycles. The van der Waals surface area contributed by atoms with Crippen LogP contribution in [-0.2, 0) is 11.3 Å². The third-order valence-electron chi connectivity index (χ3n) is 5.29. The van der Waals surface area contributed by atoms with Gasteiger partial charge in [-0.25, -0.2) is 9.67 Å². The van der Waals surface area contributed by atoms with Gasteiger partial charge < -0.3 is 5.32 Å². The summed E-state index contributed by atoms with van der Waals surface area (Å²) in [4.78, 5) is 18.0. The maximum absolute atomic E-state index is 12.9. The van der Waals surface area contributed by atoms with Crippen molar-refractivity contribution >= 4 is 23.3 Å². The number of carbonyl (C=O) groups excluding carboxylic acids is 1. The number of aromatic nitrogens is 5. The van der Waals surface area contributed by atoms with Gasteiger partial charge in [0.25, 0.3) is 0 Å². The van der Waals surface area contributed by atoms with Gasteiger partial charge in [-0.1, -0.05) is 54.6 Å². The van der Waals surface area contributed by atoms with Gasteiger partial charge in [-0.15, -0.1) is 11.3 Å². The van der Waals surface area contributed by atoms with Crippen LogP contribution in [-0.4, -0.2) is 30.5 Å². The Balaban J connectivity index is 1.39. The lowest BCUT2D eigenvalue weighted by Crippen LogP contribution is -2.30. The first-order valence-electron chi connectivity index (χ1n) is 10.8. The second-order valence-electron chi connectivity index (χ2n) is 7.61. The highest BCUT2D eigenvalue weighted by molar-refractivity contribution is 7.13. The Kier molecular flexibility index (Phi) is 6.40. The summed E-state index contributed by atoms with van der Waals surface area (Å²) in [6, 6.07) is 23.5. The summed E-state index contributed by atoms with van der Waals surface area (Å²) in [5, 5.41) is 14.1. The van der Waals surface area contributed by atoms with Gasteiger partial charge in [0.05, 0.1) is 23.2 Å². The highest BCUT2D eigenvalue weighted by Gasteiger charge is 2.16. The second-order valence-corrected chi connectivity index (χ2v) is 8.56.